The van der Waals surface area contributed by atoms with Crippen molar-refractivity contribution in [1.29, 1.82) is 0 Å². The van der Waals surface area contributed by atoms with Crippen molar-refractivity contribution in [3.63, 3.8) is 0 Å². The molecule has 0 radical (unpaired) electrons. The van der Waals surface area contributed by atoms with Crippen LogP contribution in [0.25, 0.3) is 0 Å². The van der Waals surface area contributed by atoms with Crippen LogP contribution in [0, 0.1) is 5.92 Å². The van der Waals surface area contributed by atoms with Crippen LogP contribution in [0.3, 0.4) is 0 Å². The van der Waals surface area contributed by atoms with Crippen LogP contribution in [0.4, 0.5) is 0 Å². The van der Waals surface area contributed by atoms with Gasteiger partial charge in [0.1, 0.15) is 0 Å². The molecular weight excluding hydrogens is 142 g/mol. The van der Waals surface area contributed by atoms with Gasteiger partial charge in [-0.2, -0.15) is 0 Å². The van der Waals surface area contributed by atoms with Crippen molar-refractivity contribution >= 4 is 11.7 Å². The van der Waals surface area contributed by atoms with Gasteiger partial charge in [0, 0.05) is 12.0 Å². The average Bonchev–Trinajstić information content (AvgIpc) is 2.30. The monoisotopic (exact) mass is 153 g/mol. The maximum absolute atomic E-state index is 11.1. The van der Waals surface area contributed by atoms with Crippen LogP contribution < -0.4 is 5.32 Å². The van der Waals surface area contributed by atoms with Crippen LogP contribution in [0.1, 0.15) is 25.7 Å². The summed E-state index contributed by atoms with van der Waals surface area (Å²) in [7, 11) is 0. The van der Waals surface area contributed by atoms with Gasteiger partial charge in [0.25, 0.3) is 5.91 Å². The van der Waals surface area contributed by atoms with E-state index in [0.717, 1.165) is 25.7 Å². The van der Waals surface area contributed by atoms with Gasteiger partial charge < -0.3 is 5.32 Å². The highest BCUT2D eigenvalue weighted by molar-refractivity contribution is 6.39. The molecule has 1 saturated heterocycles. The molecule has 60 valence electrons. The summed E-state index contributed by atoms with van der Waals surface area (Å²) in [6.07, 6.45) is 4.14. The first-order chi connectivity index (χ1) is 5.29. The van der Waals surface area contributed by atoms with Crippen LogP contribution in [-0.2, 0) is 9.59 Å². The molecule has 2 atom stereocenters. The molecule has 1 saturated carbocycles. The number of carbonyl (C=O) groups is 2. The predicted octanol–water partition coefficient (Wildman–Crippen LogP) is 0.244. The van der Waals surface area contributed by atoms with E-state index in [1.54, 1.807) is 0 Å². The second-order valence-electron chi connectivity index (χ2n) is 3.34. The maximum atomic E-state index is 11.1. The molecule has 3 nitrogen and oxygen atoms in total. The molecule has 2 unspecified atom stereocenters. The van der Waals surface area contributed by atoms with E-state index in [2.05, 4.69) is 5.32 Å². The molecule has 1 aliphatic heterocycles. The Labute approximate surface area is 65.2 Å². The zero-order valence-corrected chi connectivity index (χ0v) is 6.30. The highest BCUT2D eigenvalue weighted by atomic mass is 16.2. The molecule has 2 rings (SSSR count). The number of nitrogens with one attached hydrogen (secondary N) is 1. The number of hydrogen-bond donors (Lipinski definition) is 1. The molecular formula is C8H11NO2. The zero-order chi connectivity index (χ0) is 7.84. The normalized spacial score (nSPS) is 36.7. The van der Waals surface area contributed by atoms with E-state index in [4.69, 9.17) is 0 Å². The molecule has 0 aromatic rings. The Morgan fingerprint density at radius 3 is 2.64 bits per heavy atom. The van der Waals surface area contributed by atoms with Gasteiger partial charge >= 0.3 is 0 Å². The molecule has 0 aromatic carbocycles. The fourth-order valence-corrected chi connectivity index (χ4v) is 2.03. The molecule has 1 N–H and O–H groups in total. The largest absolute Gasteiger partial charge is 0.346 e. The van der Waals surface area contributed by atoms with Gasteiger partial charge in [0.05, 0.1) is 0 Å². The highest BCUT2D eigenvalue weighted by Gasteiger charge is 2.41. The molecule has 0 bridgehead atoms. The number of carbonyl (C=O) groups excluding carboxylic acids is 2. The lowest BCUT2D eigenvalue weighted by atomic mass is 9.85. The summed E-state index contributed by atoms with van der Waals surface area (Å²) >= 11 is 0. The minimum Gasteiger partial charge on any atom is -0.346 e. The van der Waals surface area contributed by atoms with Gasteiger partial charge in [0.2, 0.25) is 5.78 Å². The smallest absolute Gasteiger partial charge is 0.287 e. The van der Waals surface area contributed by atoms with E-state index in [9.17, 15) is 9.59 Å². The topological polar surface area (TPSA) is 46.2 Å². The predicted molar refractivity (Wildman–Crippen MR) is 38.9 cm³/mol. The molecule has 1 aliphatic carbocycles. The van der Waals surface area contributed by atoms with Gasteiger partial charge in [-0.3, -0.25) is 9.59 Å². The Hall–Kier alpha value is -0.860. The minimum absolute atomic E-state index is 0.0104. The van der Waals surface area contributed by atoms with Crippen LogP contribution >= 0.6 is 0 Å². The quantitative estimate of drug-likeness (QED) is 0.507. The van der Waals surface area contributed by atoms with E-state index in [1.165, 1.54) is 0 Å². The number of ketones is 1. The number of rotatable bonds is 0. The summed E-state index contributed by atoms with van der Waals surface area (Å²) in [5.41, 5.74) is 0. The molecule has 1 amide bonds. The van der Waals surface area contributed by atoms with Crippen LogP contribution in [0.15, 0.2) is 0 Å². The minimum atomic E-state index is -0.359. The Balaban J connectivity index is 2.18. The van der Waals surface area contributed by atoms with Crippen LogP contribution in [-0.4, -0.2) is 17.7 Å². The van der Waals surface area contributed by atoms with Crippen molar-refractivity contribution in [3.05, 3.63) is 0 Å². The fraction of sp³-hybridized carbons (Fsp3) is 0.750. The first kappa shape index (κ1) is 6.83. The van der Waals surface area contributed by atoms with Crippen molar-refractivity contribution < 1.29 is 9.59 Å². The lowest BCUT2D eigenvalue weighted by molar-refractivity contribution is -0.136. The molecule has 3 heteroatoms. The van der Waals surface area contributed by atoms with Crippen molar-refractivity contribution in [1.82, 2.24) is 5.32 Å². The SMILES string of the molecule is O=C1NC2CCCCC2C1=O. The van der Waals surface area contributed by atoms with E-state index < -0.39 is 0 Å². The van der Waals surface area contributed by atoms with Gasteiger partial charge in [-0.25, -0.2) is 0 Å². The van der Waals surface area contributed by atoms with Crippen molar-refractivity contribution in [3.8, 4) is 0 Å². The first-order valence-electron chi connectivity index (χ1n) is 4.14. The van der Waals surface area contributed by atoms with E-state index in [-0.39, 0.29) is 23.7 Å². The summed E-state index contributed by atoms with van der Waals surface area (Å²) in [6, 6.07) is 0.170. The van der Waals surface area contributed by atoms with Crippen molar-refractivity contribution in [2.24, 2.45) is 5.92 Å². The standard InChI is InChI=1S/C8H11NO2/c10-7-5-3-1-2-4-6(5)9-8(7)11/h5-6H,1-4H2,(H,9,11). The Kier molecular flexibility index (Phi) is 1.44. The lowest BCUT2D eigenvalue weighted by Crippen LogP contribution is -2.31. The molecule has 2 aliphatic rings. The van der Waals surface area contributed by atoms with Gasteiger partial charge in [-0.1, -0.05) is 12.8 Å². The van der Waals surface area contributed by atoms with E-state index in [1.807, 2.05) is 0 Å². The molecule has 0 aromatic heterocycles. The highest BCUT2D eigenvalue weighted by Crippen LogP contribution is 2.28. The summed E-state index contributed by atoms with van der Waals surface area (Å²) < 4.78 is 0. The second kappa shape index (κ2) is 2.32. The maximum Gasteiger partial charge on any atom is 0.287 e. The lowest BCUT2D eigenvalue weighted by Gasteiger charge is -2.21. The second-order valence-corrected chi connectivity index (χ2v) is 3.34. The number of amides is 1. The molecule has 0 spiro atoms. The Bertz CT molecular complexity index is 212. The molecule has 1 heterocycles. The number of fused-ring (bicyclic) bond motifs is 1. The first-order valence-corrected chi connectivity index (χ1v) is 4.14. The van der Waals surface area contributed by atoms with Crippen LogP contribution in [0.5, 0.6) is 0 Å². The third-order valence-corrected chi connectivity index (χ3v) is 2.64. The van der Waals surface area contributed by atoms with Gasteiger partial charge in [-0.15, -0.1) is 0 Å². The average molecular weight is 153 g/mol. The van der Waals surface area contributed by atoms with E-state index >= 15 is 0 Å². The summed E-state index contributed by atoms with van der Waals surface area (Å²) in [4.78, 5) is 22.0. The summed E-state index contributed by atoms with van der Waals surface area (Å²) in [5, 5.41) is 2.72. The van der Waals surface area contributed by atoms with Gasteiger partial charge in [-0.05, 0) is 12.8 Å². The number of Topliss-reactive ketones (excluding diaryl/α,β-unsaturated/α-hetero) is 1. The fourth-order valence-electron chi connectivity index (χ4n) is 2.03. The van der Waals surface area contributed by atoms with E-state index in [0.29, 0.717) is 0 Å². The summed E-state index contributed by atoms with van der Waals surface area (Å²) in [6.45, 7) is 0. The van der Waals surface area contributed by atoms with Crippen LogP contribution in [0.2, 0.25) is 0 Å². The third kappa shape index (κ3) is 0.951. The Morgan fingerprint density at radius 1 is 1.18 bits per heavy atom. The van der Waals surface area contributed by atoms with Crippen molar-refractivity contribution in [2.45, 2.75) is 31.7 Å². The van der Waals surface area contributed by atoms with Crippen molar-refractivity contribution in [2.75, 3.05) is 0 Å². The molecule has 2 fully saturated rings. The van der Waals surface area contributed by atoms with Gasteiger partial charge in [0.15, 0.2) is 0 Å². The summed E-state index contributed by atoms with van der Waals surface area (Å²) in [5.74, 6) is -0.534. The molecule has 11 heavy (non-hydrogen) atoms. The Morgan fingerprint density at radius 2 is 1.91 bits per heavy atom. The zero-order valence-electron chi connectivity index (χ0n) is 6.30. The third-order valence-electron chi connectivity index (χ3n) is 2.64. The number of hydrogen-bond acceptors (Lipinski definition) is 2.